The van der Waals surface area contributed by atoms with Gasteiger partial charge in [-0.1, -0.05) is 12.1 Å². The zero-order chi connectivity index (χ0) is 11.1. The molecule has 0 amide bonds. The lowest BCUT2D eigenvalue weighted by Crippen LogP contribution is -2.04. The van der Waals surface area contributed by atoms with Gasteiger partial charge in [-0.2, -0.15) is 0 Å². The molecular formula is C10H10INO2S. The highest BCUT2D eigenvalue weighted by molar-refractivity contribution is 14.2. The summed E-state index contributed by atoms with van der Waals surface area (Å²) in [5, 5.41) is 0. The van der Waals surface area contributed by atoms with Crippen molar-refractivity contribution in [2.24, 2.45) is 4.40 Å². The topological polar surface area (TPSA) is 38.7 Å². The molecule has 15 heavy (non-hydrogen) atoms. The standard InChI is InChI=1S/C10H10INO2S/c1-2-14-10(13)9-5-3-8(4-6-9)7-12-15-11/h3-7H,2H2,1H3/b12-7+. The van der Waals surface area contributed by atoms with Crippen molar-refractivity contribution in [1.82, 2.24) is 0 Å². The summed E-state index contributed by atoms with van der Waals surface area (Å²) in [5.74, 6) is -0.288. The fraction of sp³-hybridized carbons (Fsp3) is 0.200. The molecule has 0 saturated carbocycles. The first kappa shape index (κ1) is 12.5. The van der Waals surface area contributed by atoms with Crippen LogP contribution < -0.4 is 0 Å². The number of nitrogens with zero attached hydrogens (tertiary/aromatic N) is 1. The molecule has 0 heterocycles. The lowest BCUT2D eigenvalue weighted by Gasteiger charge is -2.01. The lowest BCUT2D eigenvalue weighted by molar-refractivity contribution is 0.0526. The zero-order valence-corrected chi connectivity index (χ0v) is 11.1. The molecule has 1 rings (SSSR count). The van der Waals surface area contributed by atoms with Crippen LogP contribution in [0.15, 0.2) is 28.7 Å². The van der Waals surface area contributed by atoms with Gasteiger partial charge >= 0.3 is 5.97 Å². The number of esters is 1. The van der Waals surface area contributed by atoms with E-state index in [0.717, 1.165) is 5.56 Å². The van der Waals surface area contributed by atoms with E-state index in [1.807, 2.05) is 12.1 Å². The number of rotatable bonds is 4. The van der Waals surface area contributed by atoms with Gasteiger partial charge in [0.25, 0.3) is 0 Å². The molecule has 1 aromatic carbocycles. The van der Waals surface area contributed by atoms with E-state index >= 15 is 0 Å². The van der Waals surface area contributed by atoms with Gasteiger partial charge in [0.05, 0.1) is 12.2 Å². The van der Waals surface area contributed by atoms with Crippen LogP contribution in [0.3, 0.4) is 0 Å². The van der Waals surface area contributed by atoms with Crippen molar-refractivity contribution in [2.45, 2.75) is 6.92 Å². The Kier molecular flexibility index (Phi) is 5.70. The van der Waals surface area contributed by atoms with E-state index in [4.69, 9.17) is 4.74 Å². The van der Waals surface area contributed by atoms with Gasteiger partial charge in [0, 0.05) is 36.5 Å². The molecule has 0 unspecified atom stereocenters. The molecule has 0 saturated heterocycles. The van der Waals surface area contributed by atoms with Crippen molar-refractivity contribution >= 4 is 42.5 Å². The number of hydrogen-bond donors (Lipinski definition) is 0. The Morgan fingerprint density at radius 1 is 1.53 bits per heavy atom. The minimum Gasteiger partial charge on any atom is -0.462 e. The van der Waals surface area contributed by atoms with E-state index in [-0.39, 0.29) is 5.97 Å². The second-order valence-electron chi connectivity index (χ2n) is 2.65. The van der Waals surface area contributed by atoms with Crippen molar-refractivity contribution in [3.05, 3.63) is 35.4 Å². The Morgan fingerprint density at radius 3 is 2.73 bits per heavy atom. The Bertz CT molecular complexity index is 351. The van der Waals surface area contributed by atoms with E-state index in [0.29, 0.717) is 12.2 Å². The second kappa shape index (κ2) is 6.84. The predicted molar refractivity (Wildman–Crippen MR) is 71.6 cm³/mol. The third-order valence-corrected chi connectivity index (χ3v) is 2.53. The van der Waals surface area contributed by atoms with E-state index in [2.05, 4.69) is 25.6 Å². The molecule has 1 aromatic rings. The molecular weight excluding hydrogens is 325 g/mol. The molecule has 0 aliphatic rings. The van der Waals surface area contributed by atoms with Gasteiger partial charge in [0.15, 0.2) is 0 Å². The van der Waals surface area contributed by atoms with Gasteiger partial charge < -0.3 is 4.74 Å². The van der Waals surface area contributed by atoms with Gasteiger partial charge in [0.1, 0.15) is 0 Å². The average molecular weight is 335 g/mol. The molecule has 0 N–H and O–H groups in total. The van der Waals surface area contributed by atoms with Crippen LogP contribution >= 0.6 is 30.3 Å². The third-order valence-electron chi connectivity index (χ3n) is 1.66. The number of ether oxygens (including phenoxy) is 1. The first-order valence-electron chi connectivity index (χ1n) is 4.36. The lowest BCUT2D eigenvalue weighted by atomic mass is 10.1. The highest BCUT2D eigenvalue weighted by atomic mass is 127. The normalized spacial score (nSPS) is 10.5. The summed E-state index contributed by atoms with van der Waals surface area (Å²) < 4.78 is 8.89. The molecule has 0 aliphatic heterocycles. The van der Waals surface area contributed by atoms with Crippen LogP contribution in [0.5, 0.6) is 0 Å². The first-order valence-corrected chi connectivity index (χ1v) is 7.68. The van der Waals surface area contributed by atoms with Crippen LogP contribution in [0.25, 0.3) is 0 Å². The van der Waals surface area contributed by atoms with E-state index in [1.54, 1.807) is 25.3 Å². The van der Waals surface area contributed by atoms with Crippen molar-refractivity contribution in [3.8, 4) is 0 Å². The van der Waals surface area contributed by atoms with E-state index in [1.165, 1.54) is 9.12 Å². The predicted octanol–water partition coefficient (Wildman–Crippen LogP) is 3.28. The zero-order valence-electron chi connectivity index (χ0n) is 8.14. The number of carbonyl (C=O) groups excluding carboxylic acids is 1. The van der Waals surface area contributed by atoms with Crippen LogP contribution in [0, 0.1) is 0 Å². The molecule has 3 nitrogen and oxygen atoms in total. The average Bonchev–Trinajstić information content (AvgIpc) is 2.27. The Hall–Kier alpha value is -0.560. The van der Waals surface area contributed by atoms with Gasteiger partial charge in [0.2, 0.25) is 0 Å². The molecule has 0 aromatic heterocycles. The van der Waals surface area contributed by atoms with Crippen LogP contribution in [-0.2, 0) is 4.74 Å². The first-order chi connectivity index (χ1) is 7.27. The highest BCUT2D eigenvalue weighted by Crippen LogP contribution is 2.12. The van der Waals surface area contributed by atoms with Crippen LogP contribution in [0.1, 0.15) is 22.8 Å². The third kappa shape index (κ3) is 4.21. The SMILES string of the molecule is CCOC(=O)c1ccc(/C=N/SI)cc1. The number of benzene rings is 1. The van der Waals surface area contributed by atoms with Crippen LogP contribution in [0.2, 0.25) is 0 Å². The smallest absolute Gasteiger partial charge is 0.338 e. The Morgan fingerprint density at radius 2 is 2.20 bits per heavy atom. The minimum absolute atomic E-state index is 0.288. The monoisotopic (exact) mass is 335 g/mol. The van der Waals surface area contributed by atoms with Crippen LogP contribution in [0.4, 0.5) is 0 Å². The Labute approximate surface area is 105 Å². The number of carbonyl (C=O) groups is 1. The number of halogens is 1. The minimum atomic E-state index is -0.288. The van der Waals surface area contributed by atoms with Crippen molar-refractivity contribution < 1.29 is 9.53 Å². The molecule has 0 radical (unpaired) electrons. The molecule has 0 spiro atoms. The highest BCUT2D eigenvalue weighted by Gasteiger charge is 2.04. The second-order valence-corrected chi connectivity index (χ2v) is 4.18. The maximum absolute atomic E-state index is 11.3. The summed E-state index contributed by atoms with van der Waals surface area (Å²) >= 11 is 2.09. The molecule has 0 bridgehead atoms. The summed E-state index contributed by atoms with van der Waals surface area (Å²) in [5.41, 5.74) is 1.53. The fourth-order valence-corrected chi connectivity index (χ4v) is 1.50. The number of hydrogen-bond acceptors (Lipinski definition) is 4. The van der Waals surface area contributed by atoms with E-state index in [9.17, 15) is 4.79 Å². The van der Waals surface area contributed by atoms with Crippen molar-refractivity contribution in [1.29, 1.82) is 0 Å². The summed E-state index contributed by atoms with van der Waals surface area (Å²) in [6.07, 6.45) is 1.74. The molecule has 5 heteroatoms. The Balaban J connectivity index is 2.71. The molecule has 80 valence electrons. The van der Waals surface area contributed by atoms with Gasteiger partial charge in [-0.25, -0.2) is 9.19 Å². The summed E-state index contributed by atoms with van der Waals surface area (Å²) in [6, 6.07) is 7.14. The van der Waals surface area contributed by atoms with Gasteiger partial charge in [-0.15, -0.1) is 0 Å². The summed E-state index contributed by atoms with van der Waals surface area (Å²) in [6.45, 7) is 2.18. The maximum atomic E-state index is 11.3. The largest absolute Gasteiger partial charge is 0.462 e. The van der Waals surface area contributed by atoms with Gasteiger partial charge in [-0.3, -0.25) is 0 Å². The van der Waals surface area contributed by atoms with Crippen molar-refractivity contribution in [2.75, 3.05) is 6.61 Å². The van der Waals surface area contributed by atoms with Crippen LogP contribution in [-0.4, -0.2) is 18.8 Å². The molecule has 0 fully saturated rings. The van der Waals surface area contributed by atoms with E-state index < -0.39 is 0 Å². The fourth-order valence-electron chi connectivity index (χ4n) is 1.00. The maximum Gasteiger partial charge on any atom is 0.338 e. The van der Waals surface area contributed by atoms with Gasteiger partial charge in [-0.05, 0) is 24.6 Å². The summed E-state index contributed by atoms with van der Waals surface area (Å²) in [4.78, 5) is 11.3. The summed E-state index contributed by atoms with van der Waals surface area (Å²) in [7, 11) is 1.36. The molecule has 0 aliphatic carbocycles. The van der Waals surface area contributed by atoms with Crippen molar-refractivity contribution in [3.63, 3.8) is 0 Å². The molecule has 0 atom stereocenters. The quantitative estimate of drug-likeness (QED) is 0.367.